The van der Waals surface area contributed by atoms with Crippen molar-refractivity contribution in [2.45, 2.75) is 25.9 Å². The van der Waals surface area contributed by atoms with Crippen molar-refractivity contribution in [3.8, 4) is 11.3 Å². The smallest absolute Gasteiger partial charge is 0.258 e. The van der Waals surface area contributed by atoms with E-state index in [0.29, 0.717) is 23.4 Å². The number of aryl methyl sites for hydroxylation is 1. The second kappa shape index (κ2) is 6.70. The number of rotatable bonds is 2. The quantitative estimate of drug-likeness (QED) is 0.571. The van der Waals surface area contributed by atoms with Crippen molar-refractivity contribution in [3.63, 3.8) is 0 Å². The van der Waals surface area contributed by atoms with Crippen LogP contribution in [0.1, 0.15) is 13.8 Å². The van der Waals surface area contributed by atoms with Gasteiger partial charge in [-0.15, -0.1) is 0 Å². The predicted molar refractivity (Wildman–Crippen MR) is 115 cm³/mol. The van der Waals surface area contributed by atoms with Crippen LogP contribution in [0.5, 0.6) is 0 Å². The lowest BCUT2D eigenvalue weighted by Gasteiger charge is -2.37. The van der Waals surface area contributed by atoms with Gasteiger partial charge in [0.15, 0.2) is 0 Å². The highest BCUT2D eigenvalue weighted by Crippen LogP contribution is 2.22. The van der Waals surface area contributed by atoms with Crippen molar-refractivity contribution in [2.75, 3.05) is 18.0 Å². The van der Waals surface area contributed by atoms with E-state index in [1.807, 2.05) is 42.2 Å². The standard InChI is InChI=1S/C22H24N6O/c1-14-11-27(12-15(2)24-14)18-4-5-20-25-19(9-21(29)28(20)13-18)17-8-16-6-7-26(3)22(16)23-10-17/h4-10,13-15,24H,11-12H2,1-3H3/t14-,15+. The van der Waals surface area contributed by atoms with E-state index in [2.05, 4.69) is 35.1 Å². The molecule has 0 radical (unpaired) electrons. The van der Waals surface area contributed by atoms with Crippen molar-refractivity contribution in [2.24, 2.45) is 7.05 Å². The number of aromatic nitrogens is 4. The highest BCUT2D eigenvalue weighted by molar-refractivity contribution is 5.81. The van der Waals surface area contributed by atoms with Gasteiger partial charge in [0.1, 0.15) is 11.3 Å². The topological polar surface area (TPSA) is 67.5 Å². The number of piperazine rings is 1. The number of fused-ring (bicyclic) bond motifs is 2. The van der Waals surface area contributed by atoms with Crippen molar-refractivity contribution < 1.29 is 0 Å². The molecule has 0 spiro atoms. The molecule has 0 aromatic carbocycles. The van der Waals surface area contributed by atoms with Crippen molar-refractivity contribution in [3.05, 3.63) is 59.3 Å². The van der Waals surface area contributed by atoms with Gasteiger partial charge in [0, 0.05) is 67.8 Å². The fourth-order valence-corrected chi connectivity index (χ4v) is 4.26. The molecule has 1 saturated heterocycles. The van der Waals surface area contributed by atoms with E-state index in [4.69, 9.17) is 4.98 Å². The van der Waals surface area contributed by atoms with Gasteiger partial charge in [-0.3, -0.25) is 9.20 Å². The molecule has 7 heteroatoms. The maximum absolute atomic E-state index is 12.9. The molecule has 1 fully saturated rings. The van der Waals surface area contributed by atoms with Crippen molar-refractivity contribution in [1.82, 2.24) is 24.3 Å². The number of nitrogens with one attached hydrogen (secondary N) is 1. The summed E-state index contributed by atoms with van der Waals surface area (Å²) in [4.78, 5) is 24.4. The van der Waals surface area contributed by atoms with Gasteiger partial charge in [-0.2, -0.15) is 0 Å². The highest BCUT2D eigenvalue weighted by atomic mass is 16.1. The largest absolute Gasteiger partial charge is 0.367 e. The van der Waals surface area contributed by atoms with E-state index < -0.39 is 0 Å². The van der Waals surface area contributed by atoms with E-state index in [1.54, 1.807) is 16.7 Å². The second-order valence-electron chi connectivity index (χ2n) is 8.03. The summed E-state index contributed by atoms with van der Waals surface area (Å²) in [5.74, 6) is 0. The zero-order chi connectivity index (χ0) is 20.1. The van der Waals surface area contributed by atoms with Gasteiger partial charge in [-0.25, -0.2) is 9.97 Å². The Labute approximate surface area is 168 Å². The molecule has 0 amide bonds. The molecule has 0 bridgehead atoms. The third-order valence-electron chi connectivity index (χ3n) is 5.57. The maximum Gasteiger partial charge on any atom is 0.258 e. The number of hydrogen-bond donors (Lipinski definition) is 1. The average Bonchev–Trinajstić information content (AvgIpc) is 3.07. The molecule has 1 aliphatic heterocycles. The van der Waals surface area contributed by atoms with Crippen LogP contribution in [0.3, 0.4) is 0 Å². The molecule has 29 heavy (non-hydrogen) atoms. The van der Waals surface area contributed by atoms with Crippen molar-refractivity contribution >= 4 is 22.4 Å². The summed E-state index contributed by atoms with van der Waals surface area (Å²) in [7, 11) is 1.97. The lowest BCUT2D eigenvalue weighted by Crippen LogP contribution is -2.54. The molecule has 0 aliphatic carbocycles. The van der Waals surface area contributed by atoms with E-state index in [1.165, 1.54) is 0 Å². The maximum atomic E-state index is 12.9. The Balaban J connectivity index is 1.55. The normalized spacial score (nSPS) is 19.9. The van der Waals surface area contributed by atoms with Crippen LogP contribution in [-0.4, -0.2) is 44.1 Å². The minimum absolute atomic E-state index is 0.0868. The molecule has 148 valence electrons. The first-order valence-corrected chi connectivity index (χ1v) is 9.94. The summed E-state index contributed by atoms with van der Waals surface area (Å²) in [6, 6.07) is 10.4. The summed E-state index contributed by atoms with van der Waals surface area (Å²) in [6.45, 7) is 6.19. The van der Waals surface area contributed by atoms with Crippen LogP contribution in [0, 0.1) is 0 Å². The first-order valence-electron chi connectivity index (χ1n) is 9.94. The summed E-state index contributed by atoms with van der Waals surface area (Å²) in [5.41, 5.74) is 4.00. The third-order valence-corrected chi connectivity index (χ3v) is 5.57. The fourth-order valence-electron chi connectivity index (χ4n) is 4.26. The van der Waals surface area contributed by atoms with Gasteiger partial charge >= 0.3 is 0 Å². The van der Waals surface area contributed by atoms with E-state index in [0.717, 1.165) is 35.4 Å². The lowest BCUT2D eigenvalue weighted by molar-refractivity contribution is 0.407. The van der Waals surface area contributed by atoms with Crippen LogP contribution in [-0.2, 0) is 7.05 Å². The van der Waals surface area contributed by atoms with E-state index in [9.17, 15) is 4.79 Å². The summed E-state index contributed by atoms with van der Waals surface area (Å²) in [5, 5.41) is 4.57. The SMILES string of the molecule is C[C@@H]1CN(c2ccc3nc(-c4cnc5c(ccn5C)c4)cc(=O)n3c2)C[C@H](C)N1. The Morgan fingerprint density at radius 1 is 1.10 bits per heavy atom. The Kier molecular flexibility index (Phi) is 4.13. The van der Waals surface area contributed by atoms with Gasteiger partial charge in [-0.1, -0.05) is 0 Å². The molecule has 4 aromatic heterocycles. The van der Waals surface area contributed by atoms with Gasteiger partial charge in [0.25, 0.3) is 5.56 Å². The molecule has 0 saturated carbocycles. The molecular formula is C22H24N6O. The first-order chi connectivity index (χ1) is 14.0. The van der Waals surface area contributed by atoms with Gasteiger partial charge in [0.05, 0.1) is 11.4 Å². The minimum atomic E-state index is -0.0868. The van der Waals surface area contributed by atoms with Crippen molar-refractivity contribution in [1.29, 1.82) is 0 Å². The van der Waals surface area contributed by atoms with Crippen LogP contribution in [0.25, 0.3) is 27.9 Å². The number of hydrogen-bond acceptors (Lipinski definition) is 5. The number of anilines is 1. The van der Waals surface area contributed by atoms with Gasteiger partial charge < -0.3 is 14.8 Å². The summed E-state index contributed by atoms with van der Waals surface area (Å²) >= 11 is 0. The Bertz CT molecular complexity index is 1260. The van der Waals surface area contributed by atoms with Crippen LogP contribution < -0.4 is 15.8 Å². The number of pyridine rings is 2. The Hall–Kier alpha value is -3.19. The minimum Gasteiger partial charge on any atom is -0.367 e. The molecule has 5 rings (SSSR count). The lowest BCUT2D eigenvalue weighted by atomic mass is 10.1. The Morgan fingerprint density at radius 3 is 2.69 bits per heavy atom. The zero-order valence-electron chi connectivity index (χ0n) is 16.8. The predicted octanol–water partition coefficient (Wildman–Crippen LogP) is 2.43. The second-order valence-corrected chi connectivity index (χ2v) is 8.03. The third kappa shape index (κ3) is 3.17. The molecule has 1 aliphatic rings. The molecule has 5 heterocycles. The average molecular weight is 388 g/mol. The van der Waals surface area contributed by atoms with E-state index >= 15 is 0 Å². The van der Waals surface area contributed by atoms with Gasteiger partial charge in [0.2, 0.25) is 0 Å². The van der Waals surface area contributed by atoms with Crippen LogP contribution >= 0.6 is 0 Å². The van der Waals surface area contributed by atoms with Gasteiger partial charge in [-0.05, 0) is 38.1 Å². The monoisotopic (exact) mass is 388 g/mol. The van der Waals surface area contributed by atoms with E-state index in [-0.39, 0.29) is 5.56 Å². The Morgan fingerprint density at radius 2 is 1.90 bits per heavy atom. The molecule has 7 nitrogen and oxygen atoms in total. The van der Waals surface area contributed by atoms with Crippen LogP contribution in [0.4, 0.5) is 5.69 Å². The summed E-state index contributed by atoms with van der Waals surface area (Å²) < 4.78 is 3.60. The van der Waals surface area contributed by atoms with Crippen LogP contribution in [0.15, 0.2) is 53.7 Å². The molecule has 2 atom stereocenters. The molecule has 0 unspecified atom stereocenters. The molecule has 1 N–H and O–H groups in total. The number of nitrogens with zero attached hydrogens (tertiary/aromatic N) is 5. The fraction of sp³-hybridized carbons (Fsp3) is 0.318. The zero-order valence-corrected chi connectivity index (χ0v) is 16.8. The molecular weight excluding hydrogens is 364 g/mol. The highest BCUT2D eigenvalue weighted by Gasteiger charge is 2.21. The molecule has 4 aromatic rings. The first kappa shape index (κ1) is 17.9. The summed E-state index contributed by atoms with van der Waals surface area (Å²) in [6.07, 6.45) is 5.65. The van der Waals surface area contributed by atoms with Crippen LogP contribution in [0.2, 0.25) is 0 Å².